The Balaban J connectivity index is 4.05. The summed E-state index contributed by atoms with van der Waals surface area (Å²) in [5, 5.41) is 0. The monoisotopic (exact) mass is 131 g/mol. The molecule has 0 N–H and O–H groups in total. The molecule has 0 aliphatic carbocycles. The molecule has 0 fully saturated rings. The summed E-state index contributed by atoms with van der Waals surface area (Å²) >= 11 is 4.15. The highest BCUT2D eigenvalue weighted by atomic mass is 32.1. The second-order valence-electron chi connectivity index (χ2n) is 0.847. The van der Waals surface area contributed by atoms with Gasteiger partial charge < -0.3 is 5.98 Å². The van der Waals surface area contributed by atoms with Crippen LogP contribution in [0.1, 0.15) is 1.37 Å². The molecule has 0 aliphatic rings. The van der Waals surface area contributed by atoms with Crippen LogP contribution in [0.5, 0.6) is 0 Å². The van der Waals surface area contributed by atoms with Gasteiger partial charge in [-0.3, -0.25) is 5.92 Å². The molecule has 0 aliphatic heterocycles. The minimum atomic E-state index is -0.0985. The Morgan fingerprint density at radius 1 is 1.78 bits per heavy atom. The van der Waals surface area contributed by atoms with Crippen LogP contribution in [0.3, 0.4) is 0 Å². The number of hydrogen-bond acceptors (Lipinski definition) is 2. The van der Waals surface area contributed by atoms with Gasteiger partial charge in [0.25, 0.3) is 0 Å². The van der Waals surface area contributed by atoms with Crippen molar-refractivity contribution in [1.82, 2.24) is 0 Å². The second kappa shape index (κ2) is 6.94. The van der Waals surface area contributed by atoms with Crippen molar-refractivity contribution in [2.45, 2.75) is 0 Å². The van der Waals surface area contributed by atoms with Crippen molar-refractivity contribution in [1.29, 1.82) is 0 Å². The third-order valence-electron chi connectivity index (χ3n) is 0.361. The summed E-state index contributed by atoms with van der Waals surface area (Å²) in [6.07, 6.45) is 0. The molecule has 0 aromatic carbocycles. The van der Waals surface area contributed by atoms with Crippen LogP contribution < -0.4 is 0 Å². The lowest BCUT2D eigenvalue weighted by atomic mass is 10.1. The largest absolute Gasteiger partial charge is 0.312 e. The fourth-order valence-electron chi connectivity index (χ4n) is 0.149. The van der Waals surface area contributed by atoms with Gasteiger partial charge in [-0.25, -0.2) is 6.05 Å². The molecule has 1 nitrogen and oxygen atoms in total. The van der Waals surface area contributed by atoms with E-state index in [1.807, 2.05) is 5.98 Å². The van der Waals surface area contributed by atoms with Gasteiger partial charge >= 0.3 is 0 Å². The van der Waals surface area contributed by atoms with Crippen LogP contribution in [0, 0.1) is 29.8 Å². The first-order valence-corrected chi connectivity index (χ1v) is 2.31. The molecule has 0 amide bonds. The summed E-state index contributed by atoms with van der Waals surface area (Å²) in [7, 11) is 4.82. The number of allylic oxidation sites excluding steroid dienone is 1. The van der Waals surface area contributed by atoms with Crippen molar-refractivity contribution in [2.75, 3.05) is 0 Å². The van der Waals surface area contributed by atoms with E-state index in [0.29, 0.717) is 0 Å². The van der Waals surface area contributed by atoms with E-state index in [2.05, 4.69) is 40.6 Å². The van der Waals surface area contributed by atoms with Gasteiger partial charge in [0.2, 0.25) is 0 Å². The standard InChI is InChI=1S/C6HBNS/c7-5-3-1-2-4-6-8-9/h3H/q-1/i3D. The van der Waals surface area contributed by atoms with Crippen LogP contribution in [0.2, 0.25) is 0 Å². The molecular formula is C6HBNS-. The zero-order chi connectivity index (χ0) is 7.82. The summed E-state index contributed by atoms with van der Waals surface area (Å²) < 4.78 is 9.89. The fourth-order valence-corrected chi connectivity index (χ4v) is 0.195. The van der Waals surface area contributed by atoms with Crippen LogP contribution in [0.25, 0.3) is 0 Å². The Morgan fingerprint density at radius 2 is 2.56 bits per heavy atom. The number of nitrogens with zero attached hydrogens (tertiary/aromatic N) is 1. The first-order chi connectivity index (χ1) is 4.81. The number of hydrogen-bond donors (Lipinski definition) is 0. The van der Waals surface area contributed by atoms with Gasteiger partial charge in [-0.2, -0.15) is 0 Å². The van der Waals surface area contributed by atoms with E-state index in [1.165, 1.54) is 0 Å². The lowest BCUT2D eigenvalue weighted by Crippen LogP contribution is -1.53. The van der Waals surface area contributed by atoms with E-state index in [-0.39, 0.29) is 6.05 Å². The lowest BCUT2D eigenvalue weighted by Gasteiger charge is -1.74. The zero-order valence-corrected chi connectivity index (χ0v) is 5.25. The van der Waals surface area contributed by atoms with Crippen molar-refractivity contribution in [3.8, 4) is 23.8 Å². The summed E-state index contributed by atoms with van der Waals surface area (Å²) in [6, 6.07) is 2.08. The Bertz CT molecular complexity index is 263. The van der Waals surface area contributed by atoms with Crippen molar-refractivity contribution in [2.24, 2.45) is 4.36 Å². The first-order valence-electron chi connectivity index (χ1n) is 2.44. The van der Waals surface area contributed by atoms with E-state index in [1.54, 1.807) is 0 Å². The van der Waals surface area contributed by atoms with Crippen LogP contribution >= 0.6 is 0 Å². The molecule has 0 spiro atoms. The van der Waals surface area contributed by atoms with E-state index >= 15 is 0 Å². The lowest BCUT2D eigenvalue weighted by molar-refractivity contribution is 1.80. The summed E-state index contributed by atoms with van der Waals surface area (Å²) in [4.78, 5) is 0. The van der Waals surface area contributed by atoms with Gasteiger partial charge in [0.15, 0.2) is 0 Å². The van der Waals surface area contributed by atoms with Crippen LogP contribution in [0.15, 0.2) is 10.4 Å². The highest BCUT2D eigenvalue weighted by Crippen LogP contribution is 1.59. The van der Waals surface area contributed by atoms with Gasteiger partial charge in [0.05, 0.1) is 18.5 Å². The van der Waals surface area contributed by atoms with Gasteiger partial charge in [0, 0.05) is 1.37 Å². The molecule has 0 unspecified atom stereocenters. The molecule has 0 atom stereocenters. The van der Waals surface area contributed by atoms with E-state index in [0.717, 1.165) is 0 Å². The summed E-state index contributed by atoms with van der Waals surface area (Å²) in [5.74, 6) is 8.89. The Labute approximate surface area is 62.5 Å². The van der Waals surface area contributed by atoms with E-state index < -0.39 is 0 Å². The van der Waals surface area contributed by atoms with Gasteiger partial charge in [0.1, 0.15) is 0 Å². The third kappa shape index (κ3) is 6.94. The molecule has 0 bridgehead atoms. The average Bonchev–Trinajstić information content (AvgIpc) is 1.98. The highest BCUT2D eigenvalue weighted by Gasteiger charge is 1.44. The molecule has 0 aromatic heterocycles. The van der Waals surface area contributed by atoms with Crippen molar-refractivity contribution >= 4 is 20.3 Å². The maximum absolute atomic E-state index is 6.84. The van der Waals surface area contributed by atoms with Gasteiger partial charge in [-0.1, -0.05) is 7.85 Å². The number of rotatable bonds is 0. The maximum Gasteiger partial charge on any atom is 0.0608 e. The van der Waals surface area contributed by atoms with Crippen molar-refractivity contribution < 1.29 is 1.37 Å². The molecule has 0 saturated heterocycles. The normalized spacial score (nSPS) is 9.33. The summed E-state index contributed by atoms with van der Waals surface area (Å²) in [6.45, 7) is 0. The quantitative estimate of drug-likeness (QED) is 0.259. The Hall–Kier alpha value is -1.06. The van der Waals surface area contributed by atoms with Crippen LogP contribution in [-0.4, -0.2) is 7.85 Å². The first kappa shape index (κ1) is 6.07. The third-order valence-corrected chi connectivity index (χ3v) is 0.453. The predicted octanol–water partition coefficient (Wildman–Crippen LogP) is 0.167. The predicted molar refractivity (Wildman–Crippen MR) is 38.9 cm³/mol. The molecule has 9 heavy (non-hydrogen) atoms. The molecule has 0 rings (SSSR count). The van der Waals surface area contributed by atoms with Crippen molar-refractivity contribution in [3.05, 3.63) is 12.0 Å². The SMILES string of the molecule is [2H]C(C#CC#CN=S)=[C-][B]. The molecular weight excluding hydrogens is 129 g/mol. The summed E-state index contributed by atoms with van der Waals surface area (Å²) in [5.41, 5.74) is 0. The fraction of sp³-hybridized carbons (Fsp3) is 0. The molecule has 0 heterocycles. The molecule has 40 valence electrons. The van der Waals surface area contributed by atoms with Crippen LogP contribution in [0.4, 0.5) is 0 Å². The van der Waals surface area contributed by atoms with E-state index in [9.17, 15) is 0 Å². The van der Waals surface area contributed by atoms with Gasteiger partial charge in [-0.05, 0) is 5.92 Å². The van der Waals surface area contributed by atoms with Crippen molar-refractivity contribution in [3.63, 3.8) is 0 Å². The molecule has 0 saturated carbocycles. The highest BCUT2D eigenvalue weighted by molar-refractivity contribution is 7.47. The Kier molecular flexibility index (Phi) is 4.68. The molecule has 3 heteroatoms. The zero-order valence-electron chi connectivity index (χ0n) is 5.43. The second-order valence-corrected chi connectivity index (χ2v) is 1.03. The minimum Gasteiger partial charge on any atom is -0.312 e. The van der Waals surface area contributed by atoms with E-state index in [4.69, 9.17) is 9.22 Å². The van der Waals surface area contributed by atoms with Crippen LogP contribution in [-0.2, 0) is 12.4 Å². The molecule has 2 radical (unpaired) electrons. The molecule has 0 aromatic rings. The average molecular weight is 131 g/mol. The minimum absolute atomic E-state index is 0.0985. The Morgan fingerprint density at radius 3 is 3.11 bits per heavy atom. The topological polar surface area (TPSA) is 12.4 Å². The van der Waals surface area contributed by atoms with Gasteiger partial charge in [-0.15, -0.1) is 10.3 Å². The smallest absolute Gasteiger partial charge is 0.0608 e. The maximum atomic E-state index is 6.84.